The number of rotatable bonds is 4. The van der Waals surface area contributed by atoms with E-state index >= 15 is 0 Å². The highest BCUT2D eigenvalue weighted by Gasteiger charge is 2.20. The van der Waals surface area contributed by atoms with Crippen molar-refractivity contribution in [2.75, 3.05) is 20.2 Å². The lowest BCUT2D eigenvalue weighted by Gasteiger charge is -2.24. The summed E-state index contributed by atoms with van der Waals surface area (Å²) < 4.78 is 10.7. The van der Waals surface area contributed by atoms with E-state index in [4.69, 9.17) is 9.15 Å². The third kappa shape index (κ3) is 3.50. The number of nitrogens with one attached hydrogen (secondary N) is 1. The van der Waals surface area contributed by atoms with Gasteiger partial charge in [0.15, 0.2) is 0 Å². The Morgan fingerprint density at radius 3 is 2.50 bits per heavy atom. The number of phenolic OH excluding ortho intramolecular Hbond substituents is 1. The number of likely N-dealkylation sites (tertiary alicyclic amines) is 1. The molecular formula is C23H26NO4+. The van der Waals surface area contributed by atoms with Crippen LogP contribution in [0.1, 0.15) is 30.4 Å². The molecule has 5 nitrogen and oxygen atoms in total. The van der Waals surface area contributed by atoms with E-state index in [1.54, 1.807) is 7.11 Å². The monoisotopic (exact) mass is 380 g/mol. The zero-order valence-electron chi connectivity index (χ0n) is 16.4. The van der Waals surface area contributed by atoms with Crippen molar-refractivity contribution in [1.82, 2.24) is 0 Å². The number of methoxy groups -OCH3 is 1. The quantitative estimate of drug-likeness (QED) is 0.683. The smallest absolute Gasteiger partial charge is 0.336 e. The number of phenols is 1. The topological polar surface area (TPSA) is 64.1 Å². The van der Waals surface area contributed by atoms with Gasteiger partial charge in [-0.25, -0.2) is 4.79 Å². The van der Waals surface area contributed by atoms with Gasteiger partial charge < -0.3 is 19.2 Å². The van der Waals surface area contributed by atoms with Gasteiger partial charge in [0.05, 0.1) is 20.2 Å². The number of hydrogen-bond acceptors (Lipinski definition) is 4. The molecule has 2 heterocycles. The minimum absolute atomic E-state index is 0.237. The molecule has 1 fully saturated rings. The van der Waals surface area contributed by atoms with Crippen LogP contribution in [-0.4, -0.2) is 25.3 Å². The van der Waals surface area contributed by atoms with E-state index in [0.717, 1.165) is 47.5 Å². The first-order valence-electron chi connectivity index (χ1n) is 9.84. The lowest BCUT2D eigenvalue weighted by Crippen LogP contribution is -3.11. The number of aromatic hydroxyl groups is 1. The van der Waals surface area contributed by atoms with Crippen molar-refractivity contribution in [1.29, 1.82) is 0 Å². The van der Waals surface area contributed by atoms with Crippen LogP contribution in [0.2, 0.25) is 0 Å². The predicted octanol–water partition coefficient (Wildman–Crippen LogP) is 3.05. The third-order valence-corrected chi connectivity index (χ3v) is 5.72. The van der Waals surface area contributed by atoms with Crippen LogP contribution >= 0.6 is 0 Å². The molecule has 2 N–H and O–H groups in total. The summed E-state index contributed by atoms with van der Waals surface area (Å²) in [5.74, 6) is 1.000. The Bertz CT molecular complexity index is 1050. The number of ether oxygens (including phenoxy) is 1. The summed E-state index contributed by atoms with van der Waals surface area (Å²) in [6.45, 7) is 4.86. The van der Waals surface area contributed by atoms with Gasteiger partial charge in [0, 0.05) is 22.6 Å². The van der Waals surface area contributed by atoms with Crippen LogP contribution in [0.15, 0.2) is 45.6 Å². The summed E-state index contributed by atoms with van der Waals surface area (Å²) in [4.78, 5) is 13.7. The molecule has 1 aliphatic heterocycles. The first kappa shape index (κ1) is 18.6. The van der Waals surface area contributed by atoms with Crippen molar-refractivity contribution in [2.45, 2.75) is 32.7 Å². The van der Waals surface area contributed by atoms with Crippen molar-refractivity contribution in [3.8, 4) is 22.6 Å². The van der Waals surface area contributed by atoms with Crippen molar-refractivity contribution in [3.05, 3.63) is 57.9 Å². The fourth-order valence-electron chi connectivity index (χ4n) is 4.16. The van der Waals surface area contributed by atoms with Crippen molar-refractivity contribution < 1.29 is 19.2 Å². The van der Waals surface area contributed by atoms with Crippen molar-refractivity contribution in [2.24, 2.45) is 0 Å². The van der Waals surface area contributed by atoms with E-state index in [1.165, 1.54) is 30.2 Å². The Balaban J connectivity index is 1.85. The highest BCUT2D eigenvalue weighted by atomic mass is 16.5. The van der Waals surface area contributed by atoms with E-state index in [1.807, 2.05) is 37.3 Å². The van der Waals surface area contributed by atoms with Crippen molar-refractivity contribution in [3.63, 3.8) is 0 Å². The van der Waals surface area contributed by atoms with Gasteiger partial charge in [-0.05, 0) is 55.5 Å². The second-order valence-electron chi connectivity index (χ2n) is 7.58. The molecule has 28 heavy (non-hydrogen) atoms. The summed E-state index contributed by atoms with van der Waals surface area (Å²) in [7, 11) is 1.63. The van der Waals surface area contributed by atoms with Crippen LogP contribution in [0.25, 0.3) is 22.1 Å². The fourth-order valence-corrected chi connectivity index (χ4v) is 4.16. The minimum atomic E-state index is -0.421. The molecule has 0 radical (unpaired) electrons. The third-order valence-electron chi connectivity index (χ3n) is 5.72. The molecule has 2 aromatic carbocycles. The number of aryl methyl sites for hydroxylation is 1. The highest BCUT2D eigenvalue weighted by Crippen LogP contribution is 2.35. The van der Waals surface area contributed by atoms with Gasteiger partial charge in [-0.15, -0.1) is 0 Å². The zero-order valence-corrected chi connectivity index (χ0v) is 16.4. The molecule has 1 saturated heterocycles. The van der Waals surface area contributed by atoms with E-state index < -0.39 is 5.63 Å². The SMILES string of the molecule is COc1ccc(-c2cc(=O)oc3c(C)c(O)c(C[NH+]4CCCCC4)cc23)cc1. The normalized spacial score (nSPS) is 15.1. The Labute approximate surface area is 164 Å². The number of fused-ring (bicyclic) bond motifs is 1. The van der Waals surface area contributed by atoms with E-state index in [-0.39, 0.29) is 5.75 Å². The Kier molecular flexibility index (Phi) is 5.09. The van der Waals surface area contributed by atoms with Crippen LogP contribution in [0.3, 0.4) is 0 Å². The van der Waals surface area contributed by atoms with Crippen LogP contribution in [0, 0.1) is 6.92 Å². The first-order chi connectivity index (χ1) is 13.6. The van der Waals surface area contributed by atoms with Crippen LogP contribution in [0.5, 0.6) is 11.5 Å². The number of piperidine rings is 1. The largest absolute Gasteiger partial charge is 0.507 e. The van der Waals surface area contributed by atoms with E-state index in [9.17, 15) is 9.90 Å². The Hall–Kier alpha value is -2.79. The molecule has 0 aliphatic carbocycles. The van der Waals surface area contributed by atoms with Gasteiger partial charge in [-0.3, -0.25) is 0 Å². The molecule has 4 rings (SSSR count). The van der Waals surface area contributed by atoms with Crippen LogP contribution < -0.4 is 15.3 Å². The molecule has 1 aliphatic rings. The fraction of sp³-hybridized carbons (Fsp3) is 0.348. The molecule has 0 unspecified atom stereocenters. The van der Waals surface area contributed by atoms with E-state index in [0.29, 0.717) is 11.1 Å². The van der Waals surface area contributed by atoms with Gasteiger partial charge in [-0.2, -0.15) is 0 Å². The molecule has 1 aromatic heterocycles. The Morgan fingerprint density at radius 1 is 1.11 bits per heavy atom. The maximum Gasteiger partial charge on any atom is 0.336 e. The molecule has 0 bridgehead atoms. The predicted molar refractivity (Wildman–Crippen MR) is 109 cm³/mol. The average Bonchev–Trinajstić information content (AvgIpc) is 2.73. The lowest BCUT2D eigenvalue weighted by molar-refractivity contribution is -0.918. The number of benzene rings is 2. The second kappa shape index (κ2) is 7.68. The summed E-state index contributed by atoms with van der Waals surface area (Å²) in [6, 6.07) is 11.1. The van der Waals surface area contributed by atoms with Gasteiger partial charge in [0.2, 0.25) is 0 Å². The maximum absolute atomic E-state index is 12.2. The van der Waals surface area contributed by atoms with Crippen LogP contribution in [-0.2, 0) is 6.54 Å². The molecule has 5 heteroatoms. The number of hydrogen-bond donors (Lipinski definition) is 2. The summed E-state index contributed by atoms with van der Waals surface area (Å²) in [5, 5.41) is 11.6. The molecule has 0 amide bonds. The number of quaternary nitrogens is 1. The maximum atomic E-state index is 12.2. The highest BCUT2D eigenvalue weighted by molar-refractivity contribution is 5.96. The molecule has 3 aromatic rings. The molecule has 0 spiro atoms. The minimum Gasteiger partial charge on any atom is -0.507 e. The van der Waals surface area contributed by atoms with Crippen molar-refractivity contribution >= 4 is 11.0 Å². The first-order valence-corrected chi connectivity index (χ1v) is 9.84. The van der Waals surface area contributed by atoms with Gasteiger partial charge in [0.1, 0.15) is 23.6 Å². The molecule has 0 saturated carbocycles. The second-order valence-corrected chi connectivity index (χ2v) is 7.58. The Morgan fingerprint density at radius 2 is 1.82 bits per heavy atom. The lowest BCUT2D eigenvalue weighted by atomic mass is 9.97. The summed E-state index contributed by atoms with van der Waals surface area (Å²) in [6.07, 6.45) is 3.75. The summed E-state index contributed by atoms with van der Waals surface area (Å²) >= 11 is 0. The van der Waals surface area contributed by atoms with Gasteiger partial charge in [0.25, 0.3) is 0 Å². The van der Waals surface area contributed by atoms with E-state index in [2.05, 4.69) is 0 Å². The van der Waals surface area contributed by atoms with Crippen LogP contribution in [0.4, 0.5) is 0 Å². The van der Waals surface area contributed by atoms with Gasteiger partial charge >= 0.3 is 5.63 Å². The molecule has 0 atom stereocenters. The standard InChI is InChI=1S/C23H25NO4/c1-15-22(26)17(14-24-10-4-3-5-11-24)12-20-19(13-21(25)28-23(15)20)16-6-8-18(27-2)9-7-16/h6-9,12-13,26H,3-5,10-11,14H2,1-2H3/p+1. The molecular weight excluding hydrogens is 354 g/mol. The molecule has 146 valence electrons. The zero-order chi connectivity index (χ0) is 19.7. The summed E-state index contributed by atoms with van der Waals surface area (Å²) in [5.41, 5.74) is 3.29. The average molecular weight is 380 g/mol. The van der Waals surface area contributed by atoms with Gasteiger partial charge in [-0.1, -0.05) is 12.1 Å².